The van der Waals surface area contributed by atoms with Crippen LogP contribution >= 0.6 is 34.8 Å². The van der Waals surface area contributed by atoms with Crippen molar-refractivity contribution in [3.8, 4) is 0 Å². The largest absolute Gasteiger partial charge is 0.322 e. The van der Waals surface area contributed by atoms with Crippen LogP contribution in [0.5, 0.6) is 0 Å². The van der Waals surface area contributed by atoms with E-state index in [0.717, 1.165) is 10.9 Å². The summed E-state index contributed by atoms with van der Waals surface area (Å²) in [5.41, 5.74) is 0.837. The second-order valence-corrected chi connectivity index (χ2v) is 4.64. The molecule has 0 fully saturated rings. The molecule has 80 valence electrons. The molecule has 0 aliphatic rings. The molecule has 0 bridgehead atoms. The number of aromatic amines is 1. The fraction of sp³-hybridized carbons (Fsp3) is 0.100. The monoisotopic (exact) mass is 263 g/mol. The van der Waals surface area contributed by atoms with E-state index in [4.69, 9.17) is 34.8 Å². The topological polar surface area (TPSA) is 32.9 Å². The standard InChI is InChI=1S/C9H7NO.CHCl3/c11-9-6-5-7-3-1-2-4-8(7)10-9;2-1(3)4/h1-6H,(H,10,11);1H. The number of para-hydroxylation sites is 1. The number of hydrogen-bond donors (Lipinski definition) is 1. The number of rotatable bonds is 0. The van der Waals surface area contributed by atoms with E-state index >= 15 is 0 Å². The van der Waals surface area contributed by atoms with E-state index in [-0.39, 0.29) is 5.56 Å². The molecular formula is C10H8Cl3NO. The predicted molar refractivity (Wildman–Crippen MR) is 65.9 cm³/mol. The average molecular weight is 265 g/mol. The first-order valence-corrected chi connectivity index (χ1v) is 5.41. The summed E-state index contributed by atoms with van der Waals surface area (Å²) in [6.07, 6.45) is 0. The molecule has 5 heteroatoms. The van der Waals surface area contributed by atoms with Crippen molar-refractivity contribution in [3.63, 3.8) is 0 Å². The smallest absolute Gasteiger partial charge is 0.248 e. The molecule has 0 radical (unpaired) electrons. The van der Waals surface area contributed by atoms with Gasteiger partial charge in [0.15, 0.2) is 4.30 Å². The lowest BCUT2D eigenvalue weighted by Crippen LogP contribution is -2.01. The summed E-state index contributed by atoms with van der Waals surface area (Å²) < 4.78 is -0.750. The second kappa shape index (κ2) is 6.01. The maximum atomic E-state index is 10.8. The summed E-state index contributed by atoms with van der Waals surface area (Å²) in [7, 11) is 0. The lowest BCUT2D eigenvalue weighted by atomic mass is 10.2. The molecule has 0 unspecified atom stereocenters. The van der Waals surface area contributed by atoms with Gasteiger partial charge in [0.25, 0.3) is 0 Å². The third-order valence-electron chi connectivity index (χ3n) is 1.63. The van der Waals surface area contributed by atoms with E-state index in [9.17, 15) is 4.79 Å². The number of nitrogens with one attached hydrogen (secondary N) is 1. The fourth-order valence-corrected chi connectivity index (χ4v) is 1.10. The molecule has 15 heavy (non-hydrogen) atoms. The maximum Gasteiger partial charge on any atom is 0.248 e. The Morgan fingerprint density at radius 3 is 2.27 bits per heavy atom. The van der Waals surface area contributed by atoms with Crippen molar-refractivity contribution in [1.82, 2.24) is 4.98 Å². The Morgan fingerprint density at radius 2 is 1.60 bits per heavy atom. The molecule has 1 aromatic carbocycles. The summed E-state index contributed by atoms with van der Waals surface area (Å²) in [4.78, 5) is 13.6. The Morgan fingerprint density at radius 1 is 1.00 bits per heavy atom. The van der Waals surface area contributed by atoms with Crippen LogP contribution in [0.3, 0.4) is 0 Å². The van der Waals surface area contributed by atoms with Gasteiger partial charge in [-0.05, 0) is 17.5 Å². The summed E-state index contributed by atoms with van der Waals surface area (Å²) in [5.74, 6) is 0. The Hall–Kier alpha value is -0.700. The number of benzene rings is 1. The fourth-order valence-electron chi connectivity index (χ4n) is 1.10. The molecule has 1 aromatic heterocycles. The van der Waals surface area contributed by atoms with Crippen molar-refractivity contribution in [1.29, 1.82) is 0 Å². The van der Waals surface area contributed by atoms with E-state index in [1.807, 2.05) is 30.3 Å². The Labute approximate surface area is 102 Å². The Kier molecular flexibility index (Phi) is 4.95. The number of hydrogen-bond acceptors (Lipinski definition) is 1. The highest BCUT2D eigenvalue weighted by Crippen LogP contribution is 2.06. The average Bonchev–Trinajstić information content (AvgIpc) is 2.16. The van der Waals surface area contributed by atoms with Crippen molar-refractivity contribution in [2.75, 3.05) is 0 Å². The van der Waals surface area contributed by atoms with Gasteiger partial charge in [0, 0.05) is 11.6 Å². The van der Waals surface area contributed by atoms with E-state index in [2.05, 4.69) is 4.98 Å². The van der Waals surface area contributed by atoms with Crippen LogP contribution in [0.2, 0.25) is 0 Å². The molecule has 1 heterocycles. The number of alkyl halides is 3. The lowest BCUT2D eigenvalue weighted by Gasteiger charge is -1.93. The van der Waals surface area contributed by atoms with Crippen molar-refractivity contribution < 1.29 is 0 Å². The highest BCUT2D eigenvalue weighted by Gasteiger charge is 1.89. The zero-order valence-electron chi connectivity index (χ0n) is 7.58. The van der Waals surface area contributed by atoms with Crippen LogP contribution in [0, 0.1) is 0 Å². The summed E-state index contributed by atoms with van der Waals surface area (Å²) >= 11 is 14.4. The van der Waals surface area contributed by atoms with Gasteiger partial charge < -0.3 is 4.98 Å². The third kappa shape index (κ3) is 4.56. The molecule has 2 aromatic rings. The van der Waals surface area contributed by atoms with Crippen LogP contribution in [0.15, 0.2) is 41.2 Å². The molecule has 0 aliphatic heterocycles. The van der Waals surface area contributed by atoms with Gasteiger partial charge in [-0.3, -0.25) is 4.79 Å². The maximum absolute atomic E-state index is 10.8. The van der Waals surface area contributed by atoms with Gasteiger partial charge in [-0.2, -0.15) is 0 Å². The van der Waals surface area contributed by atoms with Crippen molar-refractivity contribution in [2.24, 2.45) is 0 Å². The highest BCUT2D eigenvalue weighted by atomic mass is 35.6. The van der Waals surface area contributed by atoms with Crippen LogP contribution in [-0.2, 0) is 0 Å². The minimum absolute atomic E-state index is 0.0521. The van der Waals surface area contributed by atoms with Gasteiger partial charge in [0.1, 0.15) is 0 Å². The molecule has 1 N–H and O–H groups in total. The molecular weight excluding hydrogens is 256 g/mol. The SMILES string of the molecule is ClC(Cl)Cl.O=c1ccc2ccccc2[nH]1. The number of fused-ring (bicyclic) bond motifs is 1. The molecule has 0 spiro atoms. The molecule has 0 saturated heterocycles. The zero-order valence-corrected chi connectivity index (χ0v) is 9.85. The molecule has 2 rings (SSSR count). The van der Waals surface area contributed by atoms with Gasteiger partial charge >= 0.3 is 0 Å². The summed E-state index contributed by atoms with van der Waals surface area (Å²) in [6.45, 7) is 0. The van der Waals surface area contributed by atoms with Crippen LogP contribution in [0.1, 0.15) is 0 Å². The van der Waals surface area contributed by atoms with E-state index in [1.165, 1.54) is 6.07 Å². The summed E-state index contributed by atoms with van der Waals surface area (Å²) in [5, 5.41) is 1.06. The van der Waals surface area contributed by atoms with Crippen molar-refractivity contribution in [3.05, 3.63) is 46.8 Å². The first-order valence-electron chi connectivity index (χ1n) is 4.10. The minimum atomic E-state index is -0.750. The van der Waals surface area contributed by atoms with E-state index < -0.39 is 4.30 Å². The molecule has 0 atom stereocenters. The molecule has 0 aliphatic carbocycles. The second-order valence-electron chi connectivity index (χ2n) is 2.66. The third-order valence-corrected chi connectivity index (χ3v) is 1.63. The molecule has 2 nitrogen and oxygen atoms in total. The first kappa shape index (κ1) is 12.4. The molecule has 0 saturated carbocycles. The van der Waals surface area contributed by atoms with Crippen LogP contribution in [0.4, 0.5) is 0 Å². The predicted octanol–water partition coefficient (Wildman–Crippen LogP) is 3.51. The first-order chi connectivity index (χ1) is 7.09. The van der Waals surface area contributed by atoms with Crippen LogP contribution < -0.4 is 5.56 Å². The quantitative estimate of drug-likeness (QED) is 0.726. The van der Waals surface area contributed by atoms with E-state index in [1.54, 1.807) is 0 Å². The van der Waals surface area contributed by atoms with Crippen molar-refractivity contribution in [2.45, 2.75) is 4.30 Å². The number of pyridine rings is 1. The van der Waals surface area contributed by atoms with Gasteiger partial charge in [0.2, 0.25) is 5.56 Å². The van der Waals surface area contributed by atoms with Crippen LogP contribution in [0.25, 0.3) is 10.9 Å². The highest BCUT2D eigenvalue weighted by molar-refractivity contribution is 6.63. The van der Waals surface area contributed by atoms with Gasteiger partial charge in [-0.15, -0.1) is 0 Å². The van der Waals surface area contributed by atoms with Crippen LogP contribution in [-0.4, -0.2) is 9.28 Å². The number of H-pyrrole nitrogens is 1. The van der Waals surface area contributed by atoms with Gasteiger partial charge in [-0.1, -0.05) is 53.0 Å². The normalized spacial score (nSPS) is 9.87. The van der Waals surface area contributed by atoms with E-state index in [0.29, 0.717) is 0 Å². The number of halogens is 3. The van der Waals surface area contributed by atoms with Crippen molar-refractivity contribution >= 4 is 45.7 Å². The minimum Gasteiger partial charge on any atom is -0.322 e. The molecule has 0 amide bonds. The van der Waals surface area contributed by atoms with Gasteiger partial charge in [0.05, 0.1) is 0 Å². The lowest BCUT2D eigenvalue weighted by molar-refractivity contribution is 1.31. The number of aromatic nitrogens is 1. The Bertz CT molecular complexity index is 478. The Balaban J connectivity index is 0.000000245. The zero-order chi connectivity index (χ0) is 11.3. The summed E-state index contributed by atoms with van der Waals surface area (Å²) in [6, 6.07) is 11.0. The van der Waals surface area contributed by atoms with Gasteiger partial charge in [-0.25, -0.2) is 0 Å².